The number of ether oxygens (including phenoxy) is 1. The SMILES string of the molecule is COc1cc2c(cc1Nc1ncc(C(N)=O)c(Nc3ccccc3C(C)(C)C)n1)CN(C)CC2. The highest BCUT2D eigenvalue weighted by Gasteiger charge is 2.21. The number of primary amides is 1. The summed E-state index contributed by atoms with van der Waals surface area (Å²) >= 11 is 0. The van der Waals surface area contributed by atoms with Gasteiger partial charge in [0.25, 0.3) is 5.91 Å². The minimum absolute atomic E-state index is 0.103. The average Bonchev–Trinajstić information content (AvgIpc) is 2.78. The number of benzene rings is 2. The summed E-state index contributed by atoms with van der Waals surface area (Å²) in [6.07, 6.45) is 2.42. The van der Waals surface area contributed by atoms with Crippen LogP contribution in [0.15, 0.2) is 42.6 Å². The van der Waals surface area contributed by atoms with Crippen molar-refractivity contribution in [3.8, 4) is 5.75 Å². The van der Waals surface area contributed by atoms with Crippen molar-refractivity contribution in [2.45, 2.75) is 39.2 Å². The molecule has 0 unspecified atom stereocenters. The van der Waals surface area contributed by atoms with Gasteiger partial charge in [-0.1, -0.05) is 39.0 Å². The number of carbonyl (C=O) groups is 1. The number of amides is 1. The second kappa shape index (κ2) is 9.30. The summed E-state index contributed by atoms with van der Waals surface area (Å²) in [5, 5.41) is 6.58. The molecule has 0 aliphatic carbocycles. The number of nitrogens with one attached hydrogen (secondary N) is 2. The molecule has 0 saturated heterocycles. The lowest BCUT2D eigenvalue weighted by atomic mass is 9.86. The Hall–Kier alpha value is -3.65. The van der Waals surface area contributed by atoms with Gasteiger partial charge in [-0.2, -0.15) is 4.98 Å². The predicted molar refractivity (Wildman–Crippen MR) is 135 cm³/mol. The van der Waals surface area contributed by atoms with Crippen LogP contribution < -0.4 is 21.1 Å². The quantitative estimate of drug-likeness (QED) is 0.502. The fraction of sp³-hybridized carbons (Fsp3) is 0.346. The number of fused-ring (bicyclic) bond motifs is 1. The van der Waals surface area contributed by atoms with Crippen LogP contribution in [0, 0.1) is 0 Å². The molecule has 4 rings (SSSR count). The Labute approximate surface area is 200 Å². The zero-order valence-electron chi connectivity index (χ0n) is 20.4. The van der Waals surface area contributed by atoms with Crippen molar-refractivity contribution < 1.29 is 9.53 Å². The first-order valence-corrected chi connectivity index (χ1v) is 11.3. The number of rotatable bonds is 6. The van der Waals surface area contributed by atoms with E-state index < -0.39 is 5.91 Å². The zero-order valence-corrected chi connectivity index (χ0v) is 20.4. The van der Waals surface area contributed by atoms with Gasteiger partial charge in [0.15, 0.2) is 0 Å². The highest BCUT2D eigenvalue weighted by Crippen LogP contribution is 2.34. The summed E-state index contributed by atoms with van der Waals surface area (Å²) in [5.74, 6) is 0.802. The van der Waals surface area contributed by atoms with Gasteiger partial charge in [0.05, 0.1) is 12.8 Å². The number of nitrogens with two attached hydrogens (primary N) is 1. The highest BCUT2D eigenvalue weighted by molar-refractivity contribution is 5.98. The Morgan fingerprint density at radius 2 is 1.88 bits per heavy atom. The predicted octanol–water partition coefficient (Wildman–Crippen LogP) is 4.36. The Balaban J connectivity index is 1.70. The number of para-hydroxylation sites is 1. The summed E-state index contributed by atoms with van der Waals surface area (Å²) in [6.45, 7) is 8.29. The van der Waals surface area contributed by atoms with E-state index in [0.717, 1.165) is 42.2 Å². The molecule has 0 atom stereocenters. The number of nitrogens with zero attached hydrogens (tertiary/aromatic N) is 3. The third-order valence-corrected chi connectivity index (χ3v) is 6.01. The standard InChI is InChI=1S/C26H32N6O2/c1-26(2,3)19-8-6-7-9-20(19)29-24-18(23(27)33)14-28-25(31-24)30-21-12-17-15-32(4)11-10-16(17)13-22(21)34-5/h6-9,12-14H,10-11,15H2,1-5H3,(H2,27,33)(H2,28,29,30,31). The van der Waals surface area contributed by atoms with Gasteiger partial charge in [-0.05, 0) is 53.8 Å². The zero-order chi connectivity index (χ0) is 24.5. The number of hydrogen-bond donors (Lipinski definition) is 3. The van der Waals surface area contributed by atoms with E-state index in [1.54, 1.807) is 7.11 Å². The number of hydrogen-bond acceptors (Lipinski definition) is 7. The average molecular weight is 461 g/mol. The van der Waals surface area contributed by atoms with E-state index in [2.05, 4.69) is 71.5 Å². The Morgan fingerprint density at radius 1 is 1.12 bits per heavy atom. The van der Waals surface area contributed by atoms with Gasteiger partial charge in [-0.15, -0.1) is 0 Å². The summed E-state index contributed by atoms with van der Waals surface area (Å²) in [7, 11) is 3.76. The fourth-order valence-corrected chi connectivity index (χ4v) is 4.21. The van der Waals surface area contributed by atoms with Gasteiger partial charge in [0.1, 0.15) is 17.1 Å². The summed E-state index contributed by atoms with van der Waals surface area (Å²) in [5.41, 5.74) is 11.0. The fourth-order valence-electron chi connectivity index (χ4n) is 4.21. The lowest BCUT2D eigenvalue weighted by Crippen LogP contribution is -2.26. The summed E-state index contributed by atoms with van der Waals surface area (Å²) in [6, 6.07) is 12.1. The van der Waals surface area contributed by atoms with Crippen LogP contribution in [0.5, 0.6) is 5.75 Å². The molecule has 178 valence electrons. The number of likely N-dealkylation sites (N-methyl/N-ethyl adjacent to an activating group) is 1. The van der Waals surface area contributed by atoms with Gasteiger partial charge in [-0.3, -0.25) is 4.79 Å². The molecule has 1 aromatic heterocycles. The second-order valence-corrected chi connectivity index (χ2v) is 9.67. The second-order valence-electron chi connectivity index (χ2n) is 9.67. The van der Waals surface area contributed by atoms with E-state index in [9.17, 15) is 4.79 Å². The molecule has 0 saturated carbocycles. The normalized spacial score (nSPS) is 13.8. The summed E-state index contributed by atoms with van der Waals surface area (Å²) < 4.78 is 5.63. The lowest BCUT2D eigenvalue weighted by Gasteiger charge is -2.26. The molecule has 0 bridgehead atoms. The van der Waals surface area contributed by atoms with E-state index in [1.807, 2.05) is 18.2 Å². The molecule has 2 aromatic carbocycles. The maximum absolute atomic E-state index is 12.1. The van der Waals surface area contributed by atoms with Gasteiger partial charge < -0.3 is 26.0 Å². The van der Waals surface area contributed by atoms with E-state index in [4.69, 9.17) is 10.5 Å². The third-order valence-electron chi connectivity index (χ3n) is 6.01. The number of carbonyl (C=O) groups excluding carboxylic acids is 1. The molecule has 3 aromatic rings. The van der Waals surface area contributed by atoms with E-state index >= 15 is 0 Å². The molecule has 4 N–H and O–H groups in total. The van der Waals surface area contributed by atoms with Crippen LogP contribution >= 0.6 is 0 Å². The monoisotopic (exact) mass is 460 g/mol. The van der Waals surface area contributed by atoms with E-state index in [-0.39, 0.29) is 11.0 Å². The van der Waals surface area contributed by atoms with Crippen LogP contribution in [-0.4, -0.2) is 41.5 Å². The van der Waals surface area contributed by atoms with Gasteiger partial charge in [-0.25, -0.2) is 4.98 Å². The van der Waals surface area contributed by atoms with Gasteiger partial charge in [0, 0.05) is 25.0 Å². The Morgan fingerprint density at radius 3 is 2.59 bits per heavy atom. The first kappa shape index (κ1) is 23.5. The molecule has 8 heteroatoms. The maximum atomic E-state index is 12.1. The number of anilines is 4. The number of aromatic nitrogens is 2. The maximum Gasteiger partial charge on any atom is 0.254 e. The van der Waals surface area contributed by atoms with Crippen LogP contribution in [-0.2, 0) is 18.4 Å². The minimum atomic E-state index is -0.600. The smallest absolute Gasteiger partial charge is 0.254 e. The van der Waals surface area contributed by atoms with Crippen LogP contribution in [0.3, 0.4) is 0 Å². The van der Waals surface area contributed by atoms with Crippen LogP contribution in [0.2, 0.25) is 0 Å². The molecule has 1 aliphatic heterocycles. The van der Waals surface area contributed by atoms with E-state index in [0.29, 0.717) is 11.8 Å². The van der Waals surface area contributed by atoms with Gasteiger partial charge in [0.2, 0.25) is 5.95 Å². The highest BCUT2D eigenvalue weighted by atomic mass is 16.5. The van der Waals surface area contributed by atoms with Crippen molar-refractivity contribution in [3.05, 3.63) is 64.8 Å². The van der Waals surface area contributed by atoms with Crippen molar-refractivity contribution in [2.75, 3.05) is 31.3 Å². The van der Waals surface area contributed by atoms with Gasteiger partial charge >= 0.3 is 0 Å². The molecule has 1 aliphatic rings. The molecule has 34 heavy (non-hydrogen) atoms. The minimum Gasteiger partial charge on any atom is -0.495 e. The first-order chi connectivity index (χ1) is 16.2. The van der Waals surface area contributed by atoms with Crippen LogP contribution in [0.25, 0.3) is 0 Å². The molecule has 1 amide bonds. The molecule has 8 nitrogen and oxygen atoms in total. The summed E-state index contributed by atoms with van der Waals surface area (Å²) in [4.78, 5) is 23.3. The Kier molecular flexibility index (Phi) is 6.43. The molecule has 2 heterocycles. The molecule has 0 spiro atoms. The Bertz CT molecular complexity index is 1220. The topological polar surface area (TPSA) is 105 Å². The third kappa shape index (κ3) is 4.97. The first-order valence-electron chi connectivity index (χ1n) is 11.3. The molecular formula is C26H32N6O2. The molecule has 0 radical (unpaired) electrons. The largest absolute Gasteiger partial charge is 0.495 e. The molecular weight excluding hydrogens is 428 g/mol. The van der Waals surface area contributed by atoms with Crippen molar-refractivity contribution in [2.24, 2.45) is 5.73 Å². The molecule has 0 fully saturated rings. The van der Waals surface area contributed by atoms with Crippen LogP contribution in [0.4, 0.5) is 23.1 Å². The number of methoxy groups -OCH3 is 1. The van der Waals surface area contributed by atoms with Crippen molar-refractivity contribution in [3.63, 3.8) is 0 Å². The van der Waals surface area contributed by atoms with Crippen molar-refractivity contribution in [1.82, 2.24) is 14.9 Å². The van der Waals surface area contributed by atoms with Crippen LogP contribution in [0.1, 0.15) is 47.8 Å². The van der Waals surface area contributed by atoms with Crippen molar-refractivity contribution in [1.29, 1.82) is 0 Å². The van der Waals surface area contributed by atoms with Crippen molar-refractivity contribution >= 4 is 29.0 Å². The van der Waals surface area contributed by atoms with E-state index in [1.165, 1.54) is 17.3 Å². The lowest BCUT2D eigenvalue weighted by molar-refractivity contribution is 0.100.